The molecule has 8 heteroatoms. The van der Waals surface area contributed by atoms with Gasteiger partial charge in [-0.3, -0.25) is 0 Å². The van der Waals surface area contributed by atoms with E-state index in [2.05, 4.69) is 0 Å². The summed E-state index contributed by atoms with van der Waals surface area (Å²) in [5, 5.41) is 4.76. The largest absolute Gasteiger partial charge is 0.490 e. The van der Waals surface area contributed by atoms with Crippen LogP contribution < -0.4 is 9.88 Å². The van der Waals surface area contributed by atoms with Crippen LogP contribution in [0.5, 0.6) is 5.75 Å². The van der Waals surface area contributed by atoms with E-state index in [1.54, 1.807) is 0 Å². The van der Waals surface area contributed by atoms with Crippen LogP contribution in [0.3, 0.4) is 0 Å². The Labute approximate surface area is 109 Å². The van der Waals surface area contributed by atoms with Gasteiger partial charge in [0.2, 0.25) is 15.8 Å². The first-order valence-electron chi connectivity index (χ1n) is 5.61. The Bertz CT molecular complexity index is 570. The molecule has 106 valence electrons. The Morgan fingerprint density at radius 1 is 1.37 bits per heavy atom. The molecule has 1 aromatic rings. The number of benzene rings is 1. The number of sulfonamides is 1. The summed E-state index contributed by atoms with van der Waals surface area (Å²) in [5.41, 5.74) is 0. The highest BCUT2D eigenvalue weighted by atomic mass is 32.2. The van der Waals surface area contributed by atoms with Crippen molar-refractivity contribution in [3.8, 4) is 5.75 Å². The van der Waals surface area contributed by atoms with Gasteiger partial charge < -0.3 is 9.47 Å². The van der Waals surface area contributed by atoms with E-state index in [-0.39, 0.29) is 18.3 Å². The molecule has 19 heavy (non-hydrogen) atoms. The van der Waals surface area contributed by atoms with Gasteiger partial charge in [0.1, 0.15) is 4.90 Å². The highest BCUT2D eigenvalue weighted by molar-refractivity contribution is 7.89. The summed E-state index contributed by atoms with van der Waals surface area (Å²) < 4.78 is 59.4. The number of hydrogen-bond acceptors (Lipinski definition) is 4. The van der Waals surface area contributed by atoms with Crippen LogP contribution >= 0.6 is 0 Å². The lowest BCUT2D eigenvalue weighted by Gasteiger charge is -2.12. The van der Waals surface area contributed by atoms with Gasteiger partial charge in [0.25, 0.3) is 0 Å². The molecule has 1 unspecified atom stereocenters. The SMILES string of the molecule is NS(=O)(=O)c1ccc(OCC2CCOC2)c(F)c1F. The molecular formula is C11H13F2NO4S. The van der Waals surface area contributed by atoms with Crippen molar-refractivity contribution in [1.29, 1.82) is 0 Å². The molecular weight excluding hydrogens is 280 g/mol. The number of primary sulfonamides is 1. The summed E-state index contributed by atoms with van der Waals surface area (Å²) in [6.07, 6.45) is 0.791. The molecule has 1 aliphatic heterocycles. The van der Waals surface area contributed by atoms with E-state index in [9.17, 15) is 17.2 Å². The zero-order valence-electron chi connectivity index (χ0n) is 9.93. The lowest BCUT2D eigenvalue weighted by atomic mass is 10.1. The van der Waals surface area contributed by atoms with Crippen molar-refractivity contribution >= 4 is 10.0 Å². The summed E-state index contributed by atoms with van der Waals surface area (Å²) in [7, 11) is -4.29. The molecule has 1 saturated heterocycles. The number of hydrogen-bond donors (Lipinski definition) is 1. The van der Waals surface area contributed by atoms with Crippen LogP contribution in [0.4, 0.5) is 8.78 Å². The topological polar surface area (TPSA) is 78.6 Å². The third-order valence-corrected chi connectivity index (χ3v) is 3.74. The van der Waals surface area contributed by atoms with E-state index in [0.29, 0.717) is 13.2 Å². The summed E-state index contributed by atoms with van der Waals surface area (Å²) >= 11 is 0. The van der Waals surface area contributed by atoms with Crippen LogP contribution in [0.1, 0.15) is 6.42 Å². The maximum Gasteiger partial charge on any atom is 0.241 e. The Morgan fingerprint density at radius 3 is 2.68 bits per heavy atom. The number of halogens is 2. The number of ether oxygens (including phenoxy) is 2. The predicted molar refractivity (Wildman–Crippen MR) is 62.2 cm³/mol. The lowest BCUT2D eigenvalue weighted by Crippen LogP contribution is -2.16. The van der Waals surface area contributed by atoms with Crippen LogP contribution in [0.25, 0.3) is 0 Å². The van der Waals surface area contributed by atoms with Gasteiger partial charge in [-0.2, -0.15) is 4.39 Å². The fourth-order valence-electron chi connectivity index (χ4n) is 1.77. The molecule has 0 spiro atoms. The molecule has 0 saturated carbocycles. The lowest BCUT2D eigenvalue weighted by molar-refractivity contribution is 0.165. The molecule has 0 aliphatic carbocycles. The predicted octanol–water partition coefficient (Wildman–Crippen LogP) is 1.03. The maximum absolute atomic E-state index is 13.6. The van der Waals surface area contributed by atoms with E-state index in [1.807, 2.05) is 0 Å². The molecule has 1 atom stereocenters. The van der Waals surface area contributed by atoms with Gasteiger partial charge in [0.05, 0.1) is 13.2 Å². The summed E-state index contributed by atoms with van der Waals surface area (Å²) in [4.78, 5) is -0.887. The third kappa shape index (κ3) is 3.20. The quantitative estimate of drug-likeness (QED) is 0.899. The molecule has 1 heterocycles. The van der Waals surface area contributed by atoms with E-state index in [1.165, 1.54) is 0 Å². The van der Waals surface area contributed by atoms with Gasteiger partial charge in [-0.15, -0.1) is 0 Å². The van der Waals surface area contributed by atoms with Gasteiger partial charge in [0.15, 0.2) is 11.6 Å². The molecule has 0 aromatic heterocycles. The standard InChI is InChI=1S/C11H13F2NO4S/c12-10-8(18-6-7-3-4-17-5-7)1-2-9(11(10)13)19(14,15)16/h1-2,7H,3-6H2,(H2,14,15,16). The van der Waals surface area contributed by atoms with Crippen molar-refractivity contribution < 1.29 is 26.7 Å². The smallest absolute Gasteiger partial charge is 0.241 e. The van der Waals surface area contributed by atoms with Crippen molar-refractivity contribution in [2.75, 3.05) is 19.8 Å². The monoisotopic (exact) mass is 293 g/mol. The minimum Gasteiger partial charge on any atom is -0.490 e. The van der Waals surface area contributed by atoms with Crippen LogP contribution in [0, 0.1) is 17.6 Å². The van der Waals surface area contributed by atoms with E-state index >= 15 is 0 Å². The number of nitrogens with two attached hydrogens (primary N) is 1. The van der Waals surface area contributed by atoms with Crippen LogP contribution in [-0.4, -0.2) is 28.2 Å². The Hall–Kier alpha value is -1.25. The fraction of sp³-hybridized carbons (Fsp3) is 0.455. The van der Waals surface area contributed by atoms with Crippen molar-refractivity contribution in [1.82, 2.24) is 0 Å². The van der Waals surface area contributed by atoms with E-state index in [4.69, 9.17) is 14.6 Å². The van der Waals surface area contributed by atoms with Gasteiger partial charge in [-0.1, -0.05) is 0 Å². The molecule has 2 rings (SSSR count). The Morgan fingerprint density at radius 2 is 2.11 bits per heavy atom. The van der Waals surface area contributed by atoms with E-state index < -0.39 is 26.6 Å². The molecule has 0 amide bonds. The van der Waals surface area contributed by atoms with Crippen LogP contribution in [0.15, 0.2) is 17.0 Å². The zero-order valence-corrected chi connectivity index (χ0v) is 10.8. The number of rotatable bonds is 4. The van der Waals surface area contributed by atoms with Crippen molar-refractivity contribution in [3.05, 3.63) is 23.8 Å². The third-order valence-electron chi connectivity index (χ3n) is 2.82. The average Bonchev–Trinajstić information content (AvgIpc) is 2.82. The second kappa shape index (κ2) is 5.40. The average molecular weight is 293 g/mol. The zero-order chi connectivity index (χ0) is 14.0. The van der Waals surface area contributed by atoms with Crippen molar-refractivity contribution in [3.63, 3.8) is 0 Å². The first kappa shape index (κ1) is 14.2. The molecule has 0 radical (unpaired) electrons. The molecule has 1 aliphatic rings. The normalized spacial score (nSPS) is 19.6. The van der Waals surface area contributed by atoms with Crippen molar-refractivity contribution in [2.24, 2.45) is 11.1 Å². The first-order chi connectivity index (χ1) is 8.89. The molecule has 1 aromatic carbocycles. The maximum atomic E-state index is 13.6. The van der Waals surface area contributed by atoms with Gasteiger partial charge >= 0.3 is 0 Å². The van der Waals surface area contributed by atoms with Crippen LogP contribution in [0.2, 0.25) is 0 Å². The minimum atomic E-state index is -4.29. The summed E-state index contributed by atoms with van der Waals surface area (Å²) in [5.74, 6) is -3.09. The Balaban J connectivity index is 2.16. The Kier molecular flexibility index (Phi) is 4.02. The highest BCUT2D eigenvalue weighted by Crippen LogP contribution is 2.26. The fourth-order valence-corrected chi connectivity index (χ4v) is 2.36. The second-order valence-corrected chi connectivity index (χ2v) is 5.81. The second-order valence-electron chi connectivity index (χ2n) is 4.28. The van der Waals surface area contributed by atoms with Gasteiger partial charge in [-0.05, 0) is 18.6 Å². The van der Waals surface area contributed by atoms with Gasteiger partial charge in [-0.25, -0.2) is 17.9 Å². The minimum absolute atomic E-state index is 0.125. The molecule has 2 N–H and O–H groups in total. The molecule has 1 fully saturated rings. The van der Waals surface area contributed by atoms with Gasteiger partial charge in [0, 0.05) is 12.5 Å². The van der Waals surface area contributed by atoms with E-state index in [0.717, 1.165) is 18.6 Å². The summed E-state index contributed by atoms with van der Waals surface area (Å²) in [6, 6.07) is 1.93. The molecule has 0 bridgehead atoms. The van der Waals surface area contributed by atoms with Crippen molar-refractivity contribution in [2.45, 2.75) is 11.3 Å². The van der Waals surface area contributed by atoms with Crippen LogP contribution in [-0.2, 0) is 14.8 Å². The highest BCUT2D eigenvalue weighted by Gasteiger charge is 2.22. The summed E-state index contributed by atoms with van der Waals surface area (Å²) in [6.45, 7) is 1.32. The first-order valence-corrected chi connectivity index (χ1v) is 7.15. The molecule has 5 nitrogen and oxygen atoms in total.